The summed E-state index contributed by atoms with van der Waals surface area (Å²) in [6, 6.07) is 13.0. The molecule has 1 heterocycles. The molecular weight excluding hydrogens is 437 g/mol. The Morgan fingerprint density at radius 2 is 1.70 bits per heavy atom. The van der Waals surface area contributed by atoms with Gasteiger partial charge in [0.2, 0.25) is 0 Å². The summed E-state index contributed by atoms with van der Waals surface area (Å²) in [5, 5.41) is 7.15. The Labute approximate surface area is 189 Å². The van der Waals surface area contributed by atoms with Crippen LogP contribution in [0.5, 0.6) is 5.75 Å². The first-order valence-electron chi connectivity index (χ1n) is 10.2. The Balaban J connectivity index is 1.62. The Kier molecular flexibility index (Phi) is 6.95. The van der Waals surface area contributed by atoms with E-state index < -0.39 is 18.1 Å². The van der Waals surface area contributed by atoms with Crippen LogP contribution in [0.2, 0.25) is 0 Å². The predicted octanol–water partition coefficient (Wildman–Crippen LogP) is 5.46. The summed E-state index contributed by atoms with van der Waals surface area (Å²) >= 11 is 0. The number of alkyl halides is 3. The highest BCUT2D eigenvalue weighted by atomic mass is 19.4. The maximum absolute atomic E-state index is 12.3. The van der Waals surface area contributed by atoms with Gasteiger partial charge in [-0.25, -0.2) is 14.5 Å². The summed E-state index contributed by atoms with van der Waals surface area (Å²) in [6.07, 6.45) is -3.72. The van der Waals surface area contributed by atoms with Crippen molar-refractivity contribution in [1.82, 2.24) is 20.1 Å². The number of amides is 1. The largest absolute Gasteiger partial charge is 0.573 e. The predicted molar refractivity (Wildman–Crippen MR) is 116 cm³/mol. The second kappa shape index (κ2) is 9.51. The van der Waals surface area contributed by atoms with Gasteiger partial charge in [-0.3, -0.25) is 0 Å². The van der Waals surface area contributed by atoms with Gasteiger partial charge in [-0.1, -0.05) is 31.2 Å². The van der Waals surface area contributed by atoms with Crippen molar-refractivity contribution in [2.24, 2.45) is 0 Å². The van der Waals surface area contributed by atoms with Crippen molar-refractivity contribution >= 4 is 6.09 Å². The molecule has 3 rings (SSSR count). The molecule has 7 nitrogen and oxygen atoms in total. The molecule has 0 saturated carbocycles. The fourth-order valence-electron chi connectivity index (χ4n) is 2.95. The van der Waals surface area contributed by atoms with Gasteiger partial charge in [-0.2, -0.15) is 0 Å². The third-order valence-electron chi connectivity index (χ3n) is 4.52. The van der Waals surface area contributed by atoms with E-state index in [4.69, 9.17) is 4.74 Å². The zero-order chi connectivity index (χ0) is 24.2. The molecule has 2 aromatic carbocycles. The van der Waals surface area contributed by atoms with Crippen LogP contribution < -0.4 is 10.1 Å². The topological polar surface area (TPSA) is 78.3 Å². The van der Waals surface area contributed by atoms with Gasteiger partial charge in [0.25, 0.3) is 0 Å². The van der Waals surface area contributed by atoms with Crippen LogP contribution in [0, 0.1) is 0 Å². The lowest BCUT2D eigenvalue weighted by molar-refractivity contribution is -0.274. The molecule has 0 spiro atoms. The van der Waals surface area contributed by atoms with Gasteiger partial charge >= 0.3 is 12.5 Å². The Morgan fingerprint density at radius 1 is 1.06 bits per heavy atom. The fraction of sp³-hybridized carbons (Fsp3) is 0.348. The van der Waals surface area contributed by atoms with Crippen molar-refractivity contribution in [3.63, 3.8) is 0 Å². The standard InChI is InChI=1S/C23H25F3N4O3/c1-15(13-27-21(31)33-22(2,3)4)16-5-7-17(8-6-16)20-28-14-30(29-20)18-9-11-19(12-10-18)32-23(24,25)26/h5-12,14-15H,13H2,1-4H3,(H,27,31). The Bertz CT molecular complexity index is 1070. The number of benzene rings is 2. The number of carbonyl (C=O) groups excluding carboxylic acids is 1. The lowest BCUT2D eigenvalue weighted by atomic mass is 10.00. The van der Waals surface area contributed by atoms with Crippen LogP contribution >= 0.6 is 0 Å². The molecule has 0 aliphatic heterocycles. The van der Waals surface area contributed by atoms with Crippen LogP contribution in [0.1, 0.15) is 39.2 Å². The average molecular weight is 462 g/mol. The van der Waals surface area contributed by atoms with Crippen molar-refractivity contribution in [2.45, 2.75) is 45.6 Å². The molecule has 1 amide bonds. The quantitative estimate of drug-likeness (QED) is 0.526. The molecule has 0 radical (unpaired) electrons. The average Bonchev–Trinajstić information content (AvgIpc) is 3.20. The van der Waals surface area contributed by atoms with E-state index in [1.807, 2.05) is 52.0 Å². The number of nitrogens with one attached hydrogen (secondary N) is 1. The van der Waals surface area contributed by atoms with E-state index in [1.165, 1.54) is 35.3 Å². The van der Waals surface area contributed by atoms with E-state index in [0.29, 0.717) is 18.1 Å². The molecule has 1 atom stereocenters. The monoisotopic (exact) mass is 462 g/mol. The third-order valence-corrected chi connectivity index (χ3v) is 4.52. The summed E-state index contributed by atoms with van der Waals surface area (Å²) in [5.41, 5.74) is 1.79. The molecule has 0 saturated heterocycles. The molecule has 0 bridgehead atoms. The first-order valence-corrected chi connectivity index (χ1v) is 10.2. The van der Waals surface area contributed by atoms with E-state index in [0.717, 1.165) is 11.1 Å². The molecule has 33 heavy (non-hydrogen) atoms. The van der Waals surface area contributed by atoms with Crippen molar-refractivity contribution in [2.75, 3.05) is 6.54 Å². The van der Waals surface area contributed by atoms with Gasteiger partial charge in [-0.05, 0) is 56.5 Å². The highest BCUT2D eigenvalue weighted by molar-refractivity contribution is 5.67. The van der Waals surface area contributed by atoms with Crippen LogP contribution in [0.3, 0.4) is 0 Å². The minimum atomic E-state index is -4.74. The van der Waals surface area contributed by atoms with Gasteiger partial charge in [0.1, 0.15) is 17.7 Å². The molecule has 0 aliphatic carbocycles. The first-order chi connectivity index (χ1) is 15.4. The number of halogens is 3. The van der Waals surface area contributed by atoms with Crippen LogP contribution in [0.25, 0.3) is 17.1 Å². The fourth-order valence-corrected chi connectivity index (χ4v) is 2.95. The van der Waals surface area contributed by atoms with E-state index in [9.17, 15) is 18.0 Å². The zero-order valence-corrected chi connectivity index (χ0v) is 18.7. The second-order valence-corrected chi connectivity index (χ2v) is 8.46. The lowest BCUT2D eigenvalue weighted by Gasteiger charge is -2.21. The van der Waals surface area contributed by atoms with Gasteiger partial charge in [0.15, 0.2) is 5.82 Å². The molecule has 1 aromatic heterocycles. The second-order valence-electron chi connectivity index (χ2n) is 8.46. The molecule has 1 unspecified atom stereocenters. The molecule has 0 fully saturated rings. The summed E-state index contributed by atoms with van der Waals surface area (Å²) < 4.78 is 47.5. The number of rotatable bonds is 6. The summed E-state index contributed by atoms with van der Waals surface area (Å²) in [5.74, 6) is 0.226. The molecular formula is C23H25F3N4O3. The van der Waals surface area contributed by atoms with E-state index >= 15 is 0 Å². The Hall–Kier alpha value is -3.56. The van der Waals surface area contributed by atoms with Crippen LogP contribution in [-0.4, -0.2) is 39.4 Å². The number of ether oxygens (including phenoxy) is 2. The van der Waals surface area contributed by atoms with Gasteiger partial charge in [0, 0.05) is 12.1 Å². The van der Waals surface area contributed by atoms with Crippen molar-refractivity contribution < 1.29 is 27.4 Å². The summed E-state index contributed by atoms with van der Waals surface area (Å²) in [4.78, 5) is 16.1. The van der Waals surface area contributed by atoms with Gasteiger partial charge in [0.05, 0.1) is 5.69 Å². The van der Waals surface area contributed by atoms with Crippen LogP contribution in [0.15, 0.2) is 54.9 Å². The normalized spacial score (nSPS) is 12.8. The number of nitrogens with zero attached hydrogens (tertiary/aromatic N) is 3. The molecule has 3 aromatic rings. The van der Waals surface area contributed by atoms with Gasteiger partial charge < -0.3 is 14.8 Å². The maximum Gasteiger partial charge on any atom is 0.573 e. The first kappa shape index (κ1) is 24.1. The summed E-state index contributed by atoms with van der Waals surface area (Å²) in [6.45, 7) is 7.84. The van der Waals surface area contributed by atoms with Crippen molar-refractivity contribution in [3.05, 3.63) is 60.4 Å². The maximum atomic E-state index is 12.3. The van der Waals surface area contributed by atoms with Crippen LogP contribution in [-0.2, 0) is 4.74 Å². The van der Waals surface area contributed by atoms with E-state index in [1.54, 1.807) is 0 Å². The third kappa shape index (κ3) is 7.23. The van der Waals surface area contributed by atoms with E-state index in [-0.39, 0.29) is 11.7 Å². The SMILES string of the molecule is CC(CNC(=O)OC(C)(C)C)c1ccc(-c2ncn(-c3ccc(OC(F)(F)F)cc3)n2)cc1. The number of alkyl carbamates (subject to hydrolysis) is 1. The van der Waals surface area contributed by atoms with Crippen LogP contribution in [0.4, 0.5) is 18.0 Å². The molecule has 176 valence electrons. The number of hydrogen-bond acceptors (Lipinski definition) is 5. The molecule has 1 N–H and O–H groups in total. The molecule has 10 heteroatoms. The lowest BCUT2D eigenvalue weighted by Crippen LogP contribution is -2.34. The number of carbonyl (C=O) groups is 1. The zero-order valence-electron chi connectivity index (χ0n) is 18.7. The van der Waals surface area contributed by atoms with Crippen molar-refractivity contribution in [1.29, 1.82) is 0 Å². The highest BCUT2D eigenvalue weighted by Gasteiger charge is 2.31. The number of aromatic nitrogens is 3. The summed E-state index contributed by atoms with van der Waals surface area (Å²) in [7, 11) is 0. The minimum Gasteiger partial charge on any atom is -0.444 e. The number of hydrogen-bond donors (Lipinski definition) is 1. The molecule has 0 aliphatic rings. The van der Waals surface area contributed by atoms with E-state index in [2.05, 4.69) is 20.1 Å². The smallest absolute Gasteiger partial charge is 0.444 e. The highest BCUT2D eigenvalue weighted by Crippen LogP contribution is 2.24. The Morgan fingerprint density at radius 3 is 2.27 bits per heavy atom. The van der Waals surface area contributed by atoms with Crippen molar-refractivity contribution in [3.8, 4) is 22.8 Å². The minimum absolute atomic E-state index is 0.0644. The van der Waals surface area contributed by atoms with Gasteiger partial charge in [-0.15, -0.1) is 18.3 Å².